The molecule has 0 aromatic rings. The van der Waals surface area contributed by atoms with Gasteiger partial charge in [-0.1, -0.05) is 6.92 Å². The summed E-state index contributed by atoms with van der Waals surface area (Å²) < 4.78 is 0. The molecule has 1 atom stereocenters. The van der Waals surface area contributed by atoms with Crippen molar-refractivity contribution in [2.45, 2.75) is 18.9 Å². The van der Waals surface area contributed by atoms with E-state index in [1.165, 1.54) is 0 Å². The maximum Gasteiger partial charge on any atom is 0.0856 e. The second kappa shape index (κ2) is 12.2. The lowest BCUT2D eigenvalue weighted by molar-refractivity contribution is 0.0698. The van der Waals surface area contributed by atoms with Gasteiger partial charge in [0.15, 0.2) is 0 Å². The van der Waals surface area contributed by atoms with Gasteiger partial charge in [-0.05, 0) is 13.0 Å². The zero-order valence-corrected chi connectivity index (χ0v) is 9.65. The summed E-state index contributed by atoms with van der Waals surface area (Å²) >= 11 is 0. The molecule has 0 aromatic heterocycles. The van der Waals surface area contributed by atoms with Crippen LogP contribution in [0.15, 0.2) is 0 Å². The van der Waals surface area contributed by atoms with Gasteiger partial charge in [0.05, 0.1) is 25.4 Å². The molecule has 1 unspecified atom stereocenters. The van der Waals surface area contributed by atoms with Crippen molar-refractivity contribution in [3.8, 4) is 0 Å². The molecular formula is C7H23N2O3P. The van der Waals surface area contributed by atoms with Gasteiger partial charge in [0.25, 0.3) is 0 Å². The zero-order valence-electron chi connectivity index (χ0n) is 8.24. The molecule has 0 heterocycles. The minimum absolute atomic E-state index is 0. The van der Waals surface area contributed by atoms with Crippen molar-refractivity contribution < 1.29 is 15.3 Å². The third-order valence-corrected chi connectivity index (χ3v) is 1.23. The Morgan fingerprint density at radius 2 is 1.31 bits per heavy atom. The molecule has 0 aliphatic carbocycles. The van der Waals surface area contributed by atoms with Gasteiger partial charge in [0, 0.05) is 0 Å². The van der Waals surface area contributed by atoms with Crippen LogP contribution >= 0.6 is 9.90 Å². The molecule has 0 amide bonds. The number of aliphatic hydroxyl groups is 3. The van der Waals surface area contributed by atoms with Crippen LogP contribution in [-0.4, -0.2) is 47.2 Å². The molecule has 0 radical (unpaired) electrons. The highest BCUT2D eigenvalue weighted by Gasteiger charge is 2.20. The Labute approximate surface area is 82.7 Å². The highest BCUT2D eigenvalue weighted by Crippen LogP contribution is 1.93. The summed E-state index contributed by atoms with van der Waals surface area (Å²) in [6.07, 6.45) is 1.10. The van der Waals surface area contributed by atoms with Gasteiger partial charge in [0.1, 0.15) is 0 Å². The van der Waals surface area contributed by atoms with E-state index >= 15 is 0 Å². The van der Waals surface area contributed by atoms with Gasteiger partial charge < -0.3 is 26.8 Å². The topological polar surface area (TPSA) is 113 Å². The Morgan fingerprint density at radius 3 is 1.31 bits per heavy atom. The van der Waals surface area contributed by atoms with Crippen molar-refractivity contribution >= 4 is 9.90 Å². The van der Waals surface area contributed by atoms with Gasteiger partial charge >= 0.3 is 0 Å². The fourth-order valence-corrected chi connectivity index (χ4v) is 0.150. The first-order valence-electron chi connectivity index (χ1n) is 3.91. The minimum Gasteiger partial charge on any atom is -0.394 e. The van der Waals surface area contributed by atoms with Gasteiger partial charge in [-0.25, -0.2) is 0 Å². The second-order valence-corrected chi connectivity index (χ2v) is 2.63. The van der Waals surface area contributed by atoms with Crippen molar-refractivity contribution in [3.05, 3.63) is 0 Å². The number of rotatable bonds is 4. The summed E-state index contributed by atoms with van der Waals surface area (Å²) in [7, 11) is 0. The highest BCUT2D eigenvalue weighted by molar-refractivity contribution is 6.92. The monoisotopic (exact) mass is 214 g/mol. The van der Waals surface area contributed by atoms with Crippen LogP contribution in [0.5, 0.6) is 0 Å². The molecule has 0 saturated heterocycles. The van der Waals surface area contributed by atoms with Gasteiger partial charge in [-0.3, -0.25) is 0 Å². The van der Waals surface area contributed by atoms with E-state index in [1.54, 1.807) is 0 Å². The van der Waals surface area contributed by atoms with E-state index in [-0.39, 0.29) is 9.90 Å². The van der Waals surface area contributed by atoms with Crippen LogP contribution in [0.25, 0.3) is 0 Å². The summed E-state index contributed by atoms with van der Waals surface area (Å²) in [4.78, 5) is 0. The van der Waals surface area contributed by atoms with Crippen LogP contribution in [0.4, 0.5) is 0 Å². The quantitative estimate of drug-likeness (QED) is 0.350. The van der Waals surface area contributed by atoms with Crippen molar-refractivity contribution in [2.75, 3.05) is 26.4 Å². The van der Waals surface area contributed by atoms with Crippen LogP contribution in [0, 0.1) is 0 Å². The molecule has 84 valence electrons. The number of aliphatic hydroxyl groups excluding tert-OH is 3. The Balaban J connectivity index is -0.000000173. The van der Waals surface area contributed by atoms with Crippen LogP contribution < -0.4 is 11.5 Å². The molecule has 0 aliphatic rings. The van der Waals surface area contributed by atoms with E-state index in [4.69, 9.17) is 26.8 Å². The first-order chi connectivity index (χ1) is 5.60. The first kappa shape index (κ1) is 18.9. The van der Waals surface area contributed by atoms with Gasteiger partial charge in [0.2, 0.25) is 0 Å². The predicted octanol–water partition coefficient (Wildman–Crippen LogP) is -1.93. The molecular weight excluding hydrogens is 191 g/mol. The smallest absolute Gasteiger partial charge is 0.0856 e. The summed E-state index contributed by atoms with van der Waals surface area (Å²) in [6, 6.07) is 0. The summed E-state index contributed by atoms with van der Waals surface area (Å²) in [5, 5.41) is 25.0. The van der Waals surface area contributed by atoms with Gasteiger partial charge in [-0.15, -0.1) is 0 Å². The Bertz CT molecular complexity index is 81.5. The molecule has 0 saturated carbocycles. The maximum absolute atomic E-state index is 8.34. The second-order valence-electron chi connectivity index (χ2n) is 2.63. The summed E-state index contributed by atoms with van der Waals surface area (Å²) in [5.74, 6) is 0. The highest BCUT2D eigenvalue weighted by atomic mass is 31.0. The molecule has 0 aliphatic heterocycles. The van der Waals surface area contributed by atoms with Crippen LogP contribution in [0.2, 0.25) is 0 Å². The molecule has 0 aromatic carbocycles. The number of hydrogen-bond donors (Lipinski definition) is 5. The standard InChI is InChI=1S/C4H11NO3.C3H9N.H3P/c5-4(1-6,2-7)3-8;1-2-3-4;/h6-8H,1-3,5H2;2-4H2,1H3;1H3. The Kier molecular flexibility index (Phi) is 17.8. The molecule has 6 heteroatoms. The third kappa shape index (κ3) is 12.2. The lowest BCUT2D eigenvalue weighted by Crippen LogP contribution is -2.50. The number of nitrogens with two attached hydrogens (primary N) is 2. The van der Waals surface area contributed by atoms with Crippen LogP contribution in [0.3, 0.4) is 0 Å². The summed E-state index contributed by atoms with van der Waals surface area (Å²) in [5.41, 5.74) is 8.97. The molecule has 0 bridgehead atoms. The molecule has 7 N–H and O–H groups in total. The van der Waals surface area contributed by atoms with Crippen molar-refractivity contribution in [3.63, 3.8) is 0 Å². The average Bonchev–Trinajstić information content (AvgIpc) is 2.17. The Morgan fingerprint density at radius 1 is 1.08 bits per heavy atom. The van der Waals surface area contributed by atoms with E-state index in [0.717, 1.165) is 13.0 Å². The normalized spacial score (nSPS) is 9.69. The van der Waals surface area contributed by atoms with Crippen molar-refractivity contribution in [1.29, 1.82) is 0 Å². The average molecular weight is 214 g/mol. The molecule has 13 heavy (non-hydrogen) atoms. The largest absolute Gasteiger partial charge is 0.394 e. The van der Waals surface area contributed by atoms with Crippen molar-refractivity contribution in [2.24, 2.45) is 11.5 Å². The fraction of sp³-hybridized carbons (Fsp3) is 1.00. The molecule has 0 fully saturated rings. The van der Waals surface area contributed by atoms with E-state index in [1.807, 2.05) is 0 Å². The minimum atomic E-state index is -1.21. The maximum atomic E-state index is 8.34. The predicted molar refractivity (Wildman–Crippen MR) is 58.6 cm³/mol. The first-order valence-corrected chi connectivity index (χ1v) is 3.91. The van der Waals surface area contributed by atoms with Gasteiger partial charge in [-0.2, -0.15) is 9.90 Å². The van der Waals surface area contributed by atoms with Crippen molar-refractivity contribution in [1.82, 2.24) is 0 Å². The zero-order chi connectivity index (χ0) is 10.0. The van der Waals surface area contributed by atoms with Crippen LogP contribution in [-0.2, 0) is 0 Å². The summed E-state index contributed by atoms with van der Waals surface area (Å²) in [6.45, 7) is 1.67. The fourth-order valence-electron chi connectivity index (χ4n) is 0.150. The number of hydrogen-bond acceptors (Lipinski definition) is 5. The van der Waals surface area contributed by atoms with E-state index in [9.17, 15) is 0 Å². The molecule has 0 spiro atoms. The third-order valence-electron chi connectivity index (χ3n) is 1.23. The van der Waals surface area contributed by atoms with Crippen LogP contribution in [0.1, 0.15) is 13.3 Å². The lowest BCUT2D eigenvalue weighted by Gasteiger charge is -2.20. The molecule has 0 rings (SSSR count). The Hall–Kier alpha value is 0.230. The lowest BCUT2D eigenvalue weighted by atomic mass is 10.1. The van der Waals surface area contributed by atoms with E-state index < -0.39 is 25.4 Å². The van der Waals surface area contributed by atoms with E-state index in [2.05, 4.69) is 6.92 Å². The van der Waals surface area contributed by atoms with E-state index in [0.29, 0.717) is 0 Å². The SMILES string of the molecule is CCCN.NC(CO)(CO)CO.P. The molecule has 5 nitrogen and oxygen atoms in total.